The van der Waals surface area contributed by atoms with E-state index in [-0.39, 0.29) is 0 Å². The molecule has 0 amide bonds. The van der Waals surface area contributed by atoms with E-state index in [1.165, 1.54) is 66.2 Å². The summed E-state index contributed by atoms with van der Waals surface area (Å²) >= 11 is 0. The molecule has 42 heavy (non-hydrogen) atoms. The lowest BCUT2D eigenvalue weighted by molar-refractivity contribution is 0.789. The molecule has 7 aromatic carbocycles. The van der Waals surface area contributed by atoms with Crippen LogP contribution in [0.2, 0.25) is 0 Å². The molecule has 0 atom stereocenters. The van der Waals surface area contributed by atoms with Gasteiger partial charge in [-0.3, -0.25) is 0 Å². The van der Waals surface area contributed by atoms with Gasteiger partial charge in [0.1, 0.15) is 0 Å². The number of anilines is 4. The molecule has 0 aliphatic heterocycles. The average Bonchev–Trinajstić information content (AvgIpc) is 3.02. The van der Waals surface area contributed by atoms with Gasteiger partial charge in [0.2, 0.25) is 0 Å². The monoisotopic (exact) mass is 544 g/mol. The molecule has 0 N–H and O–H groups in total. The predicted molar refractivity (Wildman–Crippen MR) is 183 cm³/mol. The highest BCUT2D eigenvalue weighted by Gasteiger charge is 2.20. The summed E-state index contributed by atoms with van der Waals surface area (Å²) in [6.07, 6.45) is 0. The van der Waals surface area contributed by atoms with Crippen molar-refractivity contribution in [1.82, 2.24) is 0 Å². The number of para-hydroxylation sites is 2. The molecule has 7 aromatic rings. The lowest BCUT2D eigenvalue weighted by atomic mass is 9.89. The van der Waals surface area contributed by atoms with Gasteiger partial charge in [0.05, 0.1) is 0 Å². The van der Waals surface area contributed by atoms with E-state index in [0.29, 0.717) is 12.1 Å². The molecule has 2 nitrogen and oxygen atoms in total. The van der Waals surface area contributed by atoms with Gasteiger partial charge in [-0.05, 0) is 108 Å². The normalized spacial score (nSPS) is 11.8. The van der Waals surface area contributed by atoms with E-state index in [9.17, 15) is 0 Å². The third-order valence-electron chi connectivity index (χ3n) is 8.46. The quantitative estimate of drug-likeness (QED) is 0.184. The summed E-state index contributed by atoms with van der Waals surface area (Å²) in [5.41, 5.74) is 7.40. The summed E-state index contributed by atoms with van der Waals surface area (Å²) in [4.78, 5) is 4.85. The highest BCUT2D eigenvalue weighted by molar-refractivity contribution is 6.27. The highest BCUT2D eigenvalue weighted by atomic mass is 15.2. The van der Waals surface area contributed by atoms with Crippen LogP contribution in [0, 0.1) is 0 Å². The first-order chi connectivity index (χ1) is 20.5. The van der Waals surface area contributed by atoms with Gasteiger partial charge in [-0.25, -0.2) is 0 Å². The molecule has 0 bridgehead atoms. The lowest BCUT2D eigenvalue weighted by Crippen LogP contribution is -2.25. The van der Waals surface area contributed by atoms with Crippen LogP contribution < -0.4 is 9.80 Å². The van der Waals surface area contributed by atoms with E-state index < -0.39 is 0 Å². The molecule has 0 saturated heterocycles. The van der Waals surface area contributed by atoms with Gasteiger partial charge in [0.25, 0.3) is 0 Å². The van der Waals surface area contributed by atoms with Gasteiger partial charge in [-0.15, -0.1) is 0 Å². The van der Waals surface area contributed by atoms with Gasteiger partial charge < -0.3 is 9.80 Å². The predicted octanol–water partition coefficient (Wildman–Crippen LogP) is 11.3. The molecule has 0 radical (unpaired) electrons. The van der Waals surface area contributed by atoms with Crippen molar-refractivity contribution in [2.75, 3.05) is 9.80 Å². The molecule has 0 fully saturated rings. The second-order valence-corrected chi connectivity index (χ2v) is 11.8. The molecular weight excluding hydrogens is 508 g/mol. The summed E-state index contributed by atoms with van der Waals surface area (Å²) in [6, 6.07) is 49.5. The smallest absolute Gasteiger partial charge is 0.0493 e. The van der Waals surface area contributed by atoms with E-state index in [1.54, 1.807) is 0 Å². The van der Waals surface area contributed by atoms with Gasteiger partial charge in [-0.2, -0.15) is 0 Å². The van der Waals surface area contributed by atoms with Crippen LogP contribution in [0.4, 0.5) is 22.7 Å². The first kappa shape index (κ1) is 26.1. The van der Waals surface area contributed by atoms with Crippen LogP contribution in [-0.2, 0) is 0 Å². The summed E-state index contributed by atoms with van der Waals surface area (Å²) in [5, 5.41) is 7.86. The number of rotatable bonds is 7. The molecule has 7 rings (SSSR count). The van der Waals surface area contributed by atoms with Gasteiger partial charge in [0, 0.05) is 40.2 Å². The molecule has 0 heterocycles. The van der Waals surface area contributed by atoms with Crippen LogP contribution in [0.25, 0.3) is 43.4 Å². The van der Waals surface area contributed by atoms with Gasteiger partial charge in [0.15, 0.2) is 0 Å². The van der Waals surface area contributed by atoms with Gasteiger partial charge >= 0.3 is 0 Å². The Morgan fingerprint density at radius 3 is 1.48 bits per heavy atom. The molecular formula is C40H36N2. The molecule has 0 spiro atoms. The summed E-state index contributed by atoms with van der Waals surface area (Å²) in [6.45, 7) is 9.03. The van der Waals surface area contributed by atoms with Crippen molar-refractivity contribution in [2.24, 2.45) is 0 Å². The first-order valence-electron chi connectivity index (χ1n) is 15.0. The van der Waals surface area contributed by atoms with Crippen molar-refractivity contribution < 1.29 is 0 Å². The van der Waals surface area contributed by atoms with Crippen molar-refractivity contribution in [2.45, 2.75) is 39.8 Å². The number of hydrogen-bond donors (Lipinski definition) is 0. The zero-order valence-corrected chi connectivity index (χ0v) is 24.8. The summed E-state index contributed by atoms with van der Waals surface area (Å²) < 4.78 is 0. The minimum atomic E-state index is 0.321. The van der Waals surface area contributed by atoms with Crippen molar-refractivity contribution in [3.8, 4) is 11.1 Å². The van der Waals surface area contributed by atoms with Crippen molar-refractivity contribution in [3.63, 3.8) is 0 Å². The Kier molecular flexibility index (Phi) is 6.55. The molecule has 0 unspecified atom stereocenters. The van der Waals surface area contributed by atoms with Crippen molar-refractivity contribution in [3.05, 3.63) is 133 Å². The number of hydrogen-bond acceptors (Lipinski definition) is 2. The van der Waals surface area contributed by atoms with Crippen molar-refractivity contribution >= 4 is 55.1 Å². The minimum absolute atomic E-state index is 0.321. The number of nitrogens with zero attached hydrogens (tertiary/aromatic N) is 2. The Bertz CT molecular complexity index is 1970. The fraction of sp³-hybridized carbons (Fsp3) is 0.150. The van der Waals surface area contributed by atoms with Crippen LogP contribution in [-0.4, -0.2) is 12.1 Å². The third-order valence-corrected chi connectivity index (χ3v) is 8.46. The zero-order valence-electron chi connectivity index (χ0n) is 24.8. The third kappa shape index (κ3) is 4.35. The van der Waals surface area contributed by atoms with Crippen molar-refractivity contribution in [1.29, 1.82) is 0 Å². The molecule has 2 heteroatoms. The Hall–Kier alpha value is -4.82. The van der Waals surface area contributed by atoms with E-state index >= 15 is 0 Å². The molecule has 0 aliphatic carbocycles. The topological polar surface area (TPSA) is 6.48 Å². The molecule has 0 aliphatic rings. The van der Waals surface area contributed by atoms with Crippen LogP contribution >= 0.6 is 0 Å². The standard InChI is InChI=1S/C40H36N2/c1-27(2)41(32-11-7-5-8-12-32)34-21-15-29(16-22-34)35-23-17-30-19-25-37-38(42(28(3)4)33-13-9-6-10-14-33)26-20-31-18-24-36(35)39(30)40(31)37/h5-28H,1-4H3. The Labute approximate surface area is 248 Å². The first-order valence-corrected chi connectivity index (χ1v) is 15.0. The summed E-state index contributed by atoms with van der Waals surface area (Å²) in [7, 11) is 0. The minimum Gasteiger partial charge on any atom is -0.339 e. The van der Waals surface area contributed by atoms with Gasteiger partial charge in [-0.1, -0.05) is 91.0 Å². The Balaban J connectivity index is 1.38. The largest absolute Gasteiger partial charge is 0.339 e. The van der Waals surface area contributed by atoms with E-state index in [4.69, 9.17) is 0 Å². The lowest BCUT2D eigenvalue weighted by Gasteiger charge is -2.31. The molecule has 0 aromatic heterocycles. The maximum absolute atomic E-state index is 2.46. The second kappa shape index (κ2) is 10.5. The highest BCUT2D eigenvalue weighted by Crippen LogP contribution is 2.44. The molecule has 206 valence electrons. The van der Waals surface area contributed by atoms with Crippen LogP contribution in [0.1, 0.15) is 27.7 Å². The van der Waals surface area contributed by atoms with E-state index in [1.807, 2.05) is 0 Å². The fourth-order valence-corrected chi connectivity index (χ4v) is 6.69. The maximum Gasteiger partial charge on any atom is 0.0493 e. The van der Waals surface area contributed by atoms with Crippen LogP contribution in [0.15, 0.2) is 133 Å². The molecule has 0 saturated carbocycles. The van der Waals surface area contributed by atoms with Crippen LogP contribution in [0.3, 0.4) is 0 Å². The van der Waals surface area contributed by atoms with E-state index in [2.05, 4.69) is 171 Å². The van der Waals surface area contributed by atoms with E-state index in [0.717, 1.165) is 0 Å². The SMILES string of the molecule is CC(C)N(c1ccccc1)c1ccc(-c2ccc3ccc4c(N(c5ccccc5)C(C)C)ccc5ccc2c3c54)cc1. The Morgan fingerprint density at radius 1 is 0.405 bits per heavy atom. The van der Waals surface area contributed by atoms with Crippen LogP contribution in [0.5, 0.6) is 0 Å². The summed E-state index contributed by atoms with van der Waals surface area (Å²) in [5.74, 6) is 0. The average molecular weight is 545 g/mol. The zero-order chi connectivity index (χ0) is 28.8. The Morgan fingerprint density at radius 2 is 0.881 bits per heavy atom. The maximum atomic E-state index is 2.46. The fourth-order valence-electron chi connectivity index (χ4n) is 6.69. The second-order valence-electron chi connectivity index (χ2n) is 11.8. The number of benzene rings is 7.